The summed E-state index contributed by atoms with van der Waals surface area (Å²) in [4.78, 5) is 12.3. The highest BCUT2D eigenvalue weighted by Gasteiger charge is 2.42. The molecule has 0 aliphatic heterocycles. The molecule has 134 valence electrons. The lowest BCUT2D eigenvalue weighted by Crippen LogP contribution is -2.34. The maximum Gasteiger partial charge on any atom is 0.319 e. The molecule has 0 atom stereocenters. The second-order valence-electron chi connectivity index (χ2n) is 6.86. The topological polar surface area (TPSA) is 69.8 Å². The lowest BCUT2D eigenvalue weighted by molar-refractivity contribution is 0.249. The van der Waals surface area contributed by atoms with Crippen LogP contribution in [0.25, 0.3) is 10.9 Å². The van der Waals surface area contributed by atoms with Gasteiger partial charge in [-0.2, -0.15) is 5.10 Å². The van der Waals surface area contributed by atoms with Crippen LogP contribution in [-0.2, 0) is 6.42 Å². The predicted octanol–water partition coefficient (Wildman–Crippen LogP) is 4.50. The van der Waals surface area contributed by atoms with Gasteiger partial charge in [0.1, 0.15) is 5.82 Å². The first-order valence-corrected chi connectivity index (χ1v) is 8.83. The summed E-state index contributed by atoms with van der Waals surface area (Å²) in [5.41, 5.74) is 2.48. The molecule has 1 aliphatic rings. The molecule has 0 radical (unpaired) electrons. The highest BCUT2D eigenvalue weighted by molar-refractivity contribution is 6.35. The van der Waals surface area contributed by atoms with Crippen molar-refractivity contribution >= 4 is 34.2 Å². The number of H-pyrrole nitrogens is 1. The second kappa shape index (κ2) is 6.61. The number of nitrogens with one attached hydrogen (secondary N) is 3. The van der Waals surface area contributed by atoms with E-state index >= 15 is 0 Å². The number of aromatic nitrogens is 2. The molecule has 1 heterocycles. The van der Waals surface area contributed by atoms with E-state index in [2.05, 4.69) is 20.8 Å². The molecule has 26 heavy (non-hydrogen) atoms. The fourth-order valence-corrected chi connectivity index (χ4v) is 3.37. The predicted molar refractivity (Wildman–Crippen MR) is 99.9 cm³/mol. The van der Waals surface area contributed by atoms with Crippen LogP contribution in [0, 0.1) is 11.2 Å². The van der Waals surface area contributed by atoms with Crippen LogP contribution in [-0.4, -0.2) is 22.8 Å². The molecule has 0 bridgehead atoms. The molecule has 2 amide bonds. The van der Waals surface area contributed by atoms with Gasteiger partial charge in [0.05, 0.1) is 22.4 Å². The van der Waals surface area contributed by atoms with E-state index in [-0.39, 0.29) is 17.3 Å². The molecule has 1 aliphatic carbocycles. The number of amides is 2. The molecule has 7 heteroatoms. The van der Waals surface area contributed by atoms with E-state index < -0.39 is 0 Å². The molecule has 0 saturated heterocycles. The average molecular weight is 373 g/mol. The highest BCUT2D eigenvalue weighted by Crippen LogP contribution is 2.47. The van der Waals surface area contributed by atoms with Crippen LogP contribution in [0.2, 0.25) is 5.02 Å². The molecule has 0 unspecified atom stereocenters. The first-order chi connectivity index (χ1) is 12.5. The van der Waals surface area contributed by atoms with Crippen molar-refractivity contribution in [1.29, 1.82) is 0 Å². The van der Waals surface area contributed by atoms with Gasteiger partial charge in [-0.3, -0.25) is 5.10 Å². The first-order valence-electron chi connectivity index (χ1n) is 8.46. The summed E-state index contributed by atoms with van der Waals surface area (Å²) in [6, 6.07) is 9.76. The number of halogens is 2. The van der Waals surface area contributed by atoms with Crippen LogP contribution in [0.1, 0.15) is 18.4 Å². The zero-order valence-electron chi connectivity index (χ0n) is 14.0. The summed E-state index contributed by atoms with van der Waals surface area (Å²) in [7, 11) is 0. The standard InChI is InChI=1S/C19H18ClFN4O/c20-15-5-6-16(17-14(15)10-23-25-17)24-18(26)22-11-19(7-8-19)9-12-1-3-13(21)4-2-12/h1-6,10H,7-9,11H2,(H,23,25)(H2,22,24,26). The largest absolute Gasteiger partial charge is 0.337 e. The number of anilines is 1. The fourth-order valence-electron chi connectivity index (χ4n) is 3.17. The van der Waals surface area contributed by atoms with Crippen molar-refractivity contribution in [3.63, 3.8) is 0 Å². The summed E-state index contributed by atoms with van der Waals surface area (Å²) in [5.74, 6) is -0.232. The Bertz CT molecular complexity index is 950. The Morgan fingerprint density at radius 3 is 2.73 bits per heavy atom. The van der Waals surface area contributed by atoms with E-state index in [0.717, 1.165) is 30.2 Å². The van der Waals surface area contributed by atoms with Gasteiger partial charge in [-0.1, -0.05) is 23.7 Å². The van der Waals surface area contributed by atoms with Crippen molar-refractivity contribution < 1.29 is 9.18 Å². The summed E-state index contributed by atoms with van der Waals surface area (Å²) in [6.45, 7) is 0.579. The maximum absolute atomic E-state index is 13.0. The van der Waals surface area contributed by atoms with E-state index in [9.17, 15) is 9.18 Å². The maximum atomic E-state index is 13.0. The molecule has 0 spiro atoms. The zero-order valence-corrected chi connectivity index (χ0v) is 14.7. The van der Waals surface area contributed by atoms with E-state index in [1.54, 1.807) is 30.5 Å². The third-order valence-electron chi connectivity index (χ3n) is 4.88. The van der Waals surface area contributed by atoms with Crippen molar-refractivity contribution in [2.45, 2.75) is 19.3 Å². The summed E-state index contributed by atoms with van der Waals surface area (Å²) >= 11 is 6.11. The number of hydrogen-bond acceptors (Lipinski definition) is 2. The number of rotatable bonds is 5. The number of nitrogens with zero attached hydrogens (tertiary/aromatic N) is 1. The zero-order chi connectivity index (χ0) is 18.1. The minimum absolute atomic E-state index is 0.0679. The van der Waals surface area contributed by atoms with Gasteiger partial charge in [0.15, 0.2) is 0 Å². The van der Waals surface area contributed by atoms with Gasteiger partial charge in [0.2, 0.25) is 0 Å². The molecule has 1 saturated carbocycles. The Morgan fingerprint density at radius 2 is 2.00 bits per heavy atom. The number of carbonyl (C=O) groups is 1. The average Bonchev–Trinajstić information content (AvgIpc) is 3.20. The quantitative estimate of drug-likeness (QED) is 0.617. The van der Waals surface area contributed by atoms with E-state index in [1.165, 1.54) is 12.1 Å². The first kappa shape index (κ1) is 16.8. The van der Waals surface area contributed by atoms with Crippen LogP contribution >= 0.6 is 11.6 Å². The van der Waals surface area contributed by atoms with Gasteiger partial charge in [0, 0.05) is 11.9 Å². The summed E-state index contributed by atoms with van der Waals surface area (Å²) < 4.78 is 13.0. The Hall–Kier alpha value is -2.60. The van der Waals surface area contributed by atoms with Crippen molar-refractivity contribution in [3.05, 3.63) is 59.0 Å². The smallest absolute Gasteiger partial charge is 0.319 e. The Kier molecular flexibility index (Phi) is 4.28. The molecule has 1 fully saturated rings. The van der Waals surface area contributed by atoms with Crippen LogP contribution in [0.5, 0.6) is 0 Å². The number of fused-ring (bicyclic) bond motifs is 1. The van der Waals surface area contributed by atoms with Crippen molar-refractivity contribution in [2.75, 3.05) is 11.9 Å². The summed E-state index contributed by atoms with van der Waals surface area (Å²) in [5, 5.41) is 13.9. The molecule has 4 rings (SSSR count). The molecule has 2 aromatic carbocycles. The molecular weight excluding hydrogens is 355 g/mol. The van der Waals surface area contributed by atoms with E-state index in [4.69, 9.17) is 11.6 Å². The normalized spacial score (nSPS) is 15.0. The van der Waals surface area contributed by atoms with Crippen molar-refractivity contribution in [3.8, 4) is 0 Å². The van der Waals surface area contributed by atoms with Crippen LogP contribution in [0.15, 0.2) is 42.6 Å². The lowest BCUT2D eigenvalue weighted by Gasteiger charge is -2.17. The number of aromatic amines is 1. The molecular formula is C19H18ClFN4O. The van der Waals surface area contributed by atoms with Gasteiger partial charge in [-0.05, 0) is 54.5 Å². The van der Waals surface area contributed by atoms with Crippen molar-refractivity contribution in [2.24, 2.45) is 5.41 Å². The number of hydrogen-bond donors (Lipinski definition) is 3. The minimum atomic E-state index is -0.270. The monoisotopic (exact) mass is 372 g/mol. The minimum Gasteiger partial charge on any atom is -0.337 e. The number of carbonyl (C=O) groups excluding carboxylic acids is 1. The van der Waals surface area contributed by atoms with E-state index in [0.29, 0.717) is 22.8 Å². The van der Waals surface area contributed by atoms with Gasteiger partial charge >= 0.3 is 6.03 Å². The van der Waals surface area contributed by atoms with Gasteiger partial charge in [0.25, 0.3) is 0 Å². The molecule has 3 N–H and O–H groups in total. The van der Waals surface area contributed by atoms with Gasteiger partial charge < -0.3 is 10.6 Å². The molecule has 3 aromatic rings. The van der Waals surface area contributed by atoms with E-state index in [1.807, 2.05) is 0 Å². The highest BCUT2D eigenvalue weighted by atomic mass is 35.5. The molecule has 1 aromatic heterocycles. The fraction of sp³-hybridized carbons (Fsp3) is 0.263. The molecule has 5 nitrogen and oxygen atoms in total. The number of benzene rings is 2. The third-order valence-corrected chi connectivity index (χ3v) is 5.21. The van der Waals surface area contributed by atoms with Crippen LogP contribution < -0.4 is 10.6 Å². The van der Waals surface area contributed by atoms with Gasteiger partial charge in [-0.15, -0.1) is 0 Å². The lowest BCUT2D eigenvalue weighted by atomic mass is 9.96. The Balaban J connectivity index is 1.37. The summed E-state index contributed by atoms with van der Waals surface area (Å²) in [6.07, 6.45) is 4.56. The van der Waals surface area contributed by atoms with Crippen LogP contribution in [0.4, 0.5) is 14.9 Å². The van der Waals surface area contributed by atoms with Crippen LogP contribution in [0.3, 0.4) is 0 Å². The van der Waals surface area contributed by atoms with Gasteiger partial charge in [-0.25, -0.2) is 9.18 Å². The number of urea groups is 1. The van der Waals surface area contributed by atoms with Crippen molar-refractivity contribution in [1.82, 2.24) is 15.5 Å². The Labute approximate surface area is 154 Å². The Morgan fingerprint density at radius 1 is 1.23 bits per heavy atom. The second-order valence-corrected chi connectivity index (χ2v) is 7.27. The SMILES string of the molecule is O=C(NCC1(Cc2ccc(F)cc2)CC1)Nc1ccc(Cl)c2cn[nH]c12. The third kappa shape index (κ3) is 3.51.